The standard InChI is InChI=1S/C29H32N7O2/c1-18(30-4)17-36(38)26-14-11-23(28-19(2)31-29(34(5)6)32-20(28)3)24(33-26)12-8-21-9-13-25-22(16-21)10-15-27(37)35(25)7/h9-11,13-16,18,30H,17H2,1-7H3/q-1. The molecule has 9 heteroatoms. The second-order valence-electron chi connectivity index (χ2n) is 9.53. The molecule has 4 aromatic rings. The van der Waals surface area contributed by atoms with Gasteiger partial charge in [-0.25, -0.2) is 15.0 Å². The van der Waals surface area contributed by atoms with Crippen LogP contribution in [0.25, 0.3) is 22.0 Å². The van der Waals surface area contributed by atoms with Crippen LogP contribution >= 0.6 is 0 Å². The SMILES string of the molecule is CNC(C)CN([O-])c1ccc(-c2c(C)nc(N(C)C)nc2C)c(C#Cc2ccc3c(ccc(=O)n3C)c2)n1. The van der Waals surface area contributed by atoms with Gasteiger partial charge in [-0.2, -0.15) is 0 Å². The van der Waals surface area contributed by atoms with Gasteiger partial charge in [0.15, 0.2) is 0 Å². The van der Waals surface area contributed by atoms with Gasteiger partial charge in [0.1, 0.15) is 11.5 Å². The lowest BCUT2D eigenvalue weighted by Crippen LogP contribution is -2.34. The summed E-state index contributed by atoms with van der Waals surface area (Å²) in [5.74, 6) is 7.31. The minimum absolute atomic E-state index is 0.00598. The van der Waals surface area contributed by atoms with Crippen molar-refractivity contribution in [2.24, 2.45) is 7.05 Å². The molecule has 0 radical (unpaired) electrons. The number of rotatable bonds is 6. The maximum Gasteiger partial charge on any atom is 0.250 e. The van der Waals surface area contributed by atoms with Crippen molar-refractivity contribution in [2.45, 2.75) is 26.8 Å². The minimum Gasteiger partial charge on any atom is -0.757 e. The molecule has 9 nitrogen and oxygen atoms in total. The van der Waals surface area contributed by atoms with Crippen LogP contribution in [0.4, 0.5) is 11.8 Å². The molecule has 3 aromatic heterocycles. The summed E-state index contributed by atoms with van der Waals surface area (Å²) in [5.41, 5.74) is 5.20. The second-order valence-corrected chi connectivity index (χ2v) is 9.53. The normalized spacial score (nSPS) is 11.7. The Labute approximate surface area is 222 Å². The van der Waals surface area contributed by atoms with Gasteiger partial charge in [-0.1, -0.05) is 5.92 Å². The molecule has 3 heterocycles. The fourth-order valence-corrected chi connectivity index (χ4v) is 4.20. The lowest BCUT2D eigenvalue weighted by atomic mass is 10.0. The highest BCUT2D eigenvalue weighted by Gasteiger charge is 2.16. The Balaban J connectivity index is 1.84. The Morgan fingerprint density at radius 1 is 1.03 bits per heavy atom. The third-order valence-corrected chi connectivity index (χ3v) is 6.45. The van der Waals surface area contributed by atoms with Crippen molar-refractivity contribution in [1.29, 1.82) is 0 Å². The molecule has 0 fully saturated rings. The molecule has 0 spiro atoms. The summed E-state index contributed by atoms with van der Waals surface area (Å²) in [7, 11) is 7.36. The summed E-state index contributed by atoms with van der Waals surface area (Å²) < 4.78 is 1.60. The van der Waals surface area contributed by atoms with E-state index in [9.17, 15) is 10.0 Å². The van der Waals surface area contributed by atoms with Crippen LogP contribution in [-0.2, 0) is 7.05 Å². The number of hydrogen-bond acceptors (Lipinski definition) is 8. The zero-order chi connectivity index (χ0) is 27.6. The van der Waals surface area contributed by atoms with Gasteiger partial charge in [0.2, 0.25) is 5.95 Å². The maximum atomic E-state index is 12.9. The number of nitrogens with zero attached hydrogens (tertiary/aromatic N) is 6. The number of aryl methyl sites for hydroxylation is 3. The number of hydrogen-bond donors (Lipinski definition) is 1. The molecule has 1 aromatic carbocycles. The van der Waals surface area contributed by atoms with Gasteiger partial charge in [0.25, 0.3) is 5.56 Å². The molecule has 0 amide bonds. The van der Waals surface area contributed by atoms with Gasteiger partial charge in [-0.3, -0.25) is 4.79 Å². The predicted octanol–water partition coefficient (Wildman–Crippen LogP) is 3.39. The van der Waals surface area contributed by atoms with E-state index < -0.39 is 0 Å². The molecule has 0 saturated carbocycles. The minimum atomic E-state index is -0.0648. The highest BCUT2D eigenvalue weighted by atomic mass is 16.5. The van der Waals surface area contributed by atoms with Crippen LogP contribution in [0.15, 0.2) is 47.3 Å². The Hall–Kier alpha value is -4.26. The van der Waals surface area contributed by atoms with Crippen molar-refractivity contribution < 1.29 is 0 Å². The largest absolute Gasteiger partial charge is 0.757 e. The first kappa shape index (κ1) is 26.8. The van der Waals surface area contributed by atoms with E-state index in [-0.39, 0.29) is 24.0 Å². The van der Waals surface area contributed by atoms with E-state index in [4.69, 9.17) is 0 Å². The van der Waals surface area contributed by atoms with Gasteiger partial charge in [-0.05, 0) is 75.5 Å². The molecule has 38 heavy (non-hydrogen) atoms. The van der Waals surface area contributed by atoms with Crippen LogP contribution in [0.1, 0.15) is 29.6 Å². The molecular weight excluding hydrogens is 478 g/mol. The number of pyridine rings is 2. The molecular formula is C29H32N7O2-. The molecule has 0 bridgehead atoms. The van der Waals surface area contributed by atoms with Crippen molar-refractivity contribution in [3.63, 3.8) is 0 Å². The number of aromatic nitrogens is 4. The van der Waals surface area contributed by atoms with Crippen molar-refractivity contribution >= 4 is 22.7 Å². The molecule has 1 atom stereocenters. The van der Waals surface area contributed by atoms with E-state index >= 15 is 0 Å². The van der Waals surface area contributed by atoms with Crippen molar-refractivity contribution in [2.75, 3.05) is 37.7 Å². The molecule has 1 unspecified atom stereocenters. The molecule has 4 rings (SSSR count). The van der Waals surface area contributed by atoms with Crippen molar-refractivity contribution in [3.8, 4) is 23.0 Å². The fraction of sp³-hybridized carbons (Fsp3) is 0.310. The van der Waals surface area contributed by atoms with E-state index in [1.54, 1.807) is 29.8 Å². The summed E-state index contributed by atoms with van der Waals surface area (Å²) in [4.78, 5) is 27.8. The summed E-state index contributed by atoms with van der Waals surface area (Å²) in [6.07, 6.45) is 0. The third kappa shape index (κ3) is 5.52. The molecule has 0 aliphatic heterocycles. The van der Waals surface area contributed by atoms with Crippen LogP contribution < -0.4 is 20.8 Å². The Morgan fingerprint density at radius 2 is 1.74 bits per heavy atom. The lowest BCUT2D eigenvalue weighted by molar-refractivity contribution is 0.610. The maximum absolute atomic E-state index is 12.9. The quantitative estimate of drug-likeness (QED) is 0.311. The van der Waals surface area contributed by atoms with Crippen LogP contribution in [0.3, 0.4) is 0 Å². The van der Waals surface area contributed by atoms with Gasteiger partial charge < -0.3 is 25.1 Å². The first-order valence-electron chi connectivity index (χ1n) is 12.4. The van der Waals surface area contributed by atoms with Crippen molar-refractivity contribution in [3.05, 3.63) is 80.7 Å². The number of fused-ring (bicyclic) bond motifs is 1. The zero-order valence-electron chi connectivity index (χ0n) is 22.8. The first-order valence-corrected chi connectivity index (χ1v) is 12.4. The monoisotopic (exact) mass is 510 g/mol. The number of benzene rings is 1. The van der Waals surface area contributed by atoms with Crippen LogP contribution in [0.5, 0.6) is 0 Å². The zero-order valence-corrected chi connectivity index (χ0v) is 22.8. The average molecular weight is 511 g/mol. The predicted molar refractivity (Wildman–Crippen MR) is 153 cm³/mol. The molecule has 0 aliphatic rings. The van der Waals surface area contributed by atoms with Crippen LogP contribution in [-0.4, -0.2) is 53.2 Å². The summed E-state index contributed by atoms with van der Waals surface area (Å²) >= 11 is 0. The van der Waals surface area contributed by atoms with Crippen LogP contribution in [0, 0.1) is 30.9 Å². The van der Waals surface area contributed by atoms with Gasteiger partial charge >= 0.3 is 0 Å². The van der Waals surface area contributed by atoms with Gasteiger partial charge in [0, 0.05) is 56.5 Å². The summed E-state index contributed by atoms with van der Waals surface area (Å²) in [6.45, 7) is 6.05. The summed E-state index contributed by atoms with van der Waals surface area (Å²) in [6, 6.07) is 12.6. The second kappa shape index (κ2) is 11.0. The fourth-order valence-electron chi connectivity index (χ4n) is 4.20. The van der Waals surface area contributed by atoms with E-state index in [2.05, 4.69) is 32.1 Å². The van der Waals surface area contributed by atoms with E-state index in [0.29, 0.717) is 11.6 Å². The molecule has 1 N–H and O–H groups in total. The summed E-state index contributed by atoms with van der Waals surface area (Å²) in [5, 5.41) is 17.7. The smallest absolute Gasteiger partial charge is 0.250 e. The van der Waals surface area contributed by atoms with Crippen molar-refractivity contribution in [1.82, 2.24) is 24.8 Å². The Morgan fingerprint density at radius 3 is 2.39 bits per heavy atom. The number of nitrogens with one attached hydrogen (secondary N) is 1. The van der Waals surface area contributed by atoms with Gasteiger partial charge in [0.05, 0.1) is 16.9 Å². The molecule has 0 saturated heterocycles. The Kier molecular flexibility index (Phi) is 7.76. The molecule has 196 valence electrons. The van der Waals surface area contributed by atoms with E-state index in [1.165, 1.54) is 0 Å². The third-order valence-electron chi connectivity index (χ3n) is 6.45. The van der Waals surface area contributed by atoms with E-state index in [0.717, 1.165) is 44.0 Å². The number of likely N-dealkylation sites (N-methyl/N-ethyl adjacent to an activating group) is 1. The number of hydroxylamine groups is 1. The van der Waals surface area contributed by atoms with Gasteiger partial charge in [-0.15, -0.1) is 0 Å². The molecule has 0 aliphatic carbocycles. The number of anilines is 2. The Bertz CT molecular complexity index is 1590. The van der Waals surface area contributed by atoms with Crippen LogP contribution in [0.2, 0.25) is 0 Å². The first-order chi connectivity index (χ1) is 18.1. The highest BCUT2D eigenvalue weighted by Crippen LogP contribution is 2.30. The topological polar surface area (TPSA) is 102 Å². The average Bonchev–Trinajstić information content (AvgIpc) is 2.89. The highest BCUT2D eigenvalue weighted by molar-refractivity contribution is 5.81. The lowest BCUT2D eigenvalue weighted by Gasteiger charge is -2.32. The van der Waals surface area contributed by atoms with E-state index in [1.807, 2.05) is 71.1 Å².